The van der Waals surface area contributed by atoms with Crippen molar-refractivity contribution in [1.29, 1.82) is 0 Å². The molecule has 2 saturated carbocycles. The fourth-order valence-corrected chi connectivity index (χ4v) is 4.18. The summed E-state index contributed by atoms with van der Waals surface area (Å²) in [5.74, 6) is 2.08. The molecule has 13 heavy (non-hydrogen) atoms. The molecule has 0 spiro atoms. The van der Waals surface area contributed by atoms with Crippen LogP contribution >= 0.6 is 0 Å². The number of rotatable bonds is 3. The summed E-state index contributed by atoms with van der Waals surface area (Å²) in [5, 5.41) is 0. The molecule has 0 nitrogen and oxygen atoms in total. The van der Waals surface area contributed by atoms with Crippen molar-refractivity contribution in [3.05, 3.63) is 0 Å². The van der Waals surface area contributed by atoms with Crippen LogP contribution in [0.3, 0.4) is 0 Å². The molecule has 0 aromatic rings. The van der Waals surface area contributed by atoms with Crippen LogP contribution in [0.1, 0.15) is 59.8 Å². The number of unbranched alkanes of at least 4 members (excludes halogenated alkanes) is 1. The maximum atomic E-state index is 2.54. The zero-order valence-corrected chi connectivity index (χ0v) is 9.69. The molecular weight excluding hydrogens is 156 g/mol. The van der Waals surface area contributed by atoms with Gasteiger partial charge in [-0.25, -0.2) is 0 Å². The molecule has 0 bridgehead atoms. The molecule has 2 rings (SSSR count). The van der Waals surface area contributed by atoms with Gasteiger partial charge in [0.05, 0.1) is 0 Å². The molecule has 2 fully saturated rings. The van der Waals surface area contributed by atoms with E-state index in [-0.39, 0.29) is 0 Å². The lowest BCUT2D eigenvalue weighted by molar-refractivity contribution is -0.251. The van der Waals surface area contributed by atoms with Crippen LogP contribution in [0, 0.1) is 22.7 Å². The maximum Gasteiger partial charge on any atom is -0.0238 e. The molecule has 0 radical (unpaired) electrons. The van der Waals surface area contributed by atoms with Gasteiger partial charge in [0, 0.05) is 0 Å². The lowest BCUT2D eigenvalue weighted by atomic mass is 9.31. The summed E-state index contributed by atoms with van der Waals surface area (Å²) in [5.41, 5.74) is 1.42. The molecule has 0 saturated heterocycles. The van der Waals surface area contributed by atoms with E-state index in [0.29, 0.717) is 5.41 Å². The first-order chi connectivity index (χ1) is 6.06. The van der Waals surface area contributed by atoms with Crippen LogP contribution in [0.25, 0.3) is 0 Å². The van der Waals surface area contributed by atoms with Gasteiger partial charge in [0.25, 0.3) is 0 Å². The summed E-state index contributed by atoms with van der Waals surface area (Å²) in [7, 11) is 0. The molecule has 76 valence electrons. The van der Waals surface area contributed by atoms with E-state index in [1.165, 1.54) is 32.1 Å². The van der Waals surface area contributed by atoms with Gasteiger partial charge in [0.15, 0.2) is 0 Å². The molecule has 4 unspecified atom stereocenters. The zero-order chi connectivity index (χ0) is 9.69. The predicted octanol–water partition coefficient (Wildman–Crippen LogP) is 4.25. The molecule has 0 N–H and O–H groups in total. The Morgan fingerprint density at radius 2 is 2.00 bits per heavy atom. The Kier molecular flexibility index (Phi) is 2.02. The van der Waals surface area contributed by atoms with Crippen LogP contribution in [0.15, 0.2) is 0 Å². The average Bonchev–Trinajstić information content (AvgIpc) is 2.10. The van der Waals surface area contributed by atoms with E-state index in [0.717, 1.165) is 17.3 Å². The van der Waals surface area contributed by atoms with Crippen LogP contribution in [0.2, 0.25) is 0 Å². The third kappa shape index (κ3) is 0.926. The number of fused-ring (bicyclic) bond motifs is 1. The standard InChI is InChI=1S/C13H24/c1-5-6-8-12(3)10(2)11-7-9-13(11,12)4/h10-11H,5-9H2,1-4H3. The molecule has 2 aliphatic carbocycles. The highest BCUT2D eigenvalue weighted by Crippen LogP contribution is 2.75. The van der Waals surface area contributed by atoms with Gasteiger partial charge in [0.1, 0.15) is 0 Å². The van der Waals surface area contributed by atoms with Gasteiger partial charge >= 0.3 is 0 Å². The summed E-state index contributed by atoms with van der Waals surface area (Å²) < 4.78 is 0. The van der Waals surface area contributed by atoms with Crippen LogP contribution in [-0.2, 0) is 0 Å². The van der Waals surface area contributed by atoms with Crippen molar-refractivity contribution in [3.8, 4) is 0 Å². The lowest BCUT2D eigenvalue weighted by Gasteiger charge is -2.74. The molecular formula is C13H24. The Balaban J connectivity index is 2.05. The van der Waals surface area contributed by atoms with Crippen LogP contribution in [0.5, 0.6) is 0 Å². The summed E-state index contributed by atoms with van der Waals surface area (Å²) >= 11 is 0. The number of hydrogen-bond acceptors (Lipinski definition) is 0. The topological polar surface area (TPSA) is 0 Å². The van der Waals surface area contributed by atoms with Crippen molar-refractivity contribution in [1.82, 2.24) is 0 Å². The largest absolute Gasteiger partial charge is 0.0654 e. The fourth-order valence-electron chi connectivity index (χ4n) is 4.18. The second kappa shape index (κ2) is 2.74. The molecule has 0 aliphatic heterocycles. The van der Waals surface area contributed by atoms with Crippen LogP contribution in [0.4, 0.5) is 0 Å². The van der Waals surface area contributed by atoms with Gasteiger partial charge in [-0.2, -0.15) is 0 Å². The Morgan fingerprint density at radius 3 is 2.38 bits per heavy atom. The first-order valence-electron chi connectivity index (χ1n) is 6.06. The van der Waals surface area contributed by atoms with Crippen LogP contribution < -0.4 is 0 Å². The zero-order valence-electron chi connectivity index (χ0n) is 9.69. The van der Waals surface area contributed by atoms with Crippen molar-refractivity contribution >= 4 is 0 Å². The molecule has 0 amide bonds. The van der Waals surface area contributed by atoms with Gasteiger partial charge < -0.3 is 0 Å². The van der Waals surface area contributed by atoms with Gasteiger partial charge in [-0.1, -0.05) is 40.5 Å². The van der Waals surface area contributed by atoms with Crippen LogP contribution in [-0.4, -0.2) is 0 Å². The van der Waals surface area contributed by atoms with Crippen molar-refractivity contribution in [2.45, 2.75) is 59.8 Å². The number of hydrogen-bond donors (Lipinski definition) is 0. The summed E-state index contributed by atoms with van der Waals surface area (Å²) in [6.45, 7) is 9.88. The molecule has 0 heteroatoms. The molecule has 0 heterocycles. The Labute approximate surface area is 83.1 Å². The molecule has 2 aliphatic rings. The maximum absolute atomic E-state index is 2.54. The normalized spacial score (nSPS) is 53.5. The van der Waals surface area contributed by atoms with Crippen molar-refractivity contribution in [2.75, 3.05) is 0 Å². The summed E-state index contributed by atoms with van der Waals surface area (Å²) in [6.07, 6.45) is 7.28. The minimum atomic E-state index is 0.686. The van der Waals surface area contributed by atoms with E-state index >= 15 is 0 Å². The monoisotopic (exact) mass is 180 g/mol. The Hall–Kier alpha value is 0. The first kappa shape index (κ1) is 9.55. The smallest absolute Gasteiger partial charge is 0.0238 e. The Morgan fingerprint density at radius 1 is 1.31 bits per heavy atom. The average molecular weight is 180 g/mol. The van der Waals surface area contributed by atoms with E-state index < -0.39 is 0 Å². The highest BCUT2D eigenvalue weighted by molar-refractivity contribution is 5.16. The van der Waals surface area contributed by atoms with E-state index in [9.17, 15) is 0 Å². The van der Waals surface area contributed by atoms with Crippen molar-refractivity contribution in [2.24, 2.45) is 22.7 Å². The van der Waals surface area contributed by atoms with E-state index in [2.05, 4.69) is 27.7 Å². The Bertz CT molecular complexity index is 208. The first-order valence-corrected chi connectivity index (χ1v) is 6.06. The van der Waals surface area contributed by atoms with Gasteiger partial charge in [-0.15, -0.1) is 0 Å². The second-order valence-electron chi connectivity index (χ2n) is 5.87. The van der Waals surface area contributed by atoms with Gasteiger partial charge in [-0.3, -0.25) is 0 Å². The predicted molar refractivity (Wildman–Crippen MR) is 57.6 cm³/mol. The third-order valence-electron chi connectivity index (χ3n) is 5.76. The minimum absolute atomic E-state index is 0.686. The second-order valence-corrected chi connectivity index (χ2v) is 5.87. The molecule has 4 atom stereocenters. The summed E-state index contributed by atoms with van der Waals surface area (Å²) in [6, 6.07) is 0. The molecule has 0 aromatic heterocycles. The van der Waals surface area contributed by atoms with E-state index in [1.807, 2.05) is 0 Å². The highest BCUT2D eigenvalue weighted by atomic mass is 14.7. The van der Waals surface area contributed by atoms with E-state index in [4.69, 9.17) is 0 Å². The molecule has 0 aromatic carbocycles. The SMILES string of the molecule is CCCCC1(C)C(C)C2CCC21C. The third-order valence-corrected chi connectivity index (χ3v) is 5.76. The highest BCUT2D eigenvalue weighted by Gasteiger charge is 2.68. The minimum Gasteiger partial charge on any atom is -0.0654 e. The fraction of sp³-hybridized carbons (Fsp3) is 1.00. The lowest BCUT2D eigenvalue weighted by Crippen LogP contribution is -2.67. The van der Waals surface area contributed by atoms with Crippen molar-refractivity contribution in [3.63, 3.8) is 0 Å². The van der Waals surface area contributed by atoms with Crippen molar-refractivity contribution < 1.29 is 0 Å². The van der Waals surface area contributed by atoms with E-state index in [1.54, 1.807) is 0 Å². The summed E-state index contributed by atoms with van der Waals surface area (Å²) in [4.78, 5) is 0. The van der Waals surface area contributed by atoms with Gasteiger partial charge in [-0.05, 0) is 41.9 Å². The quantitative estimate of drug-likeness (QED) is 0.609. The van der Waals surface area contributed by atoms with Gasteiger partial charge in [0.2, 0.25) is 0 Å².